The summed E-state index contributed by atoms with van der Waals surface area (Å²) in [6, 6.07) is 5.70. The molecular formula is C21H20ClFN6O4S. The molecule has 0 bridgehead atoms. The molecule has 0 spiro atoms. The Morgan fingerprint density at radius 2 is 1.94 bits per heavy atom. The molecule has 2 aromatic heterocycles. The van der Waals surface area contributed by atoms with Gasteiger partial charge in [0.1, 0.15) is 21.9 Å². The summed E-state index contributed by atoms with van der Waals surface area (Å²) in [5, 5.41) is 15.7. The van der Waals surface area contributed by atoms with Crippen molar-refractivity contribution in [3.8, 4) is 22.8 Å². The molecule has 0 fully saturated rings. The number of amides is 1. The van der Waals surface area contributed by atoms with Crippen LogP contribution in [0.3, 0.4) is 0 Å². The van der Waals surface area contributed by atoms with Gasteiger partial charge in [-0.25, -0.2) is 23.4 Å². The van der Waals surface area contributed by atoms with Gasteiger partial charge in [-0.3, -0.25) is 15.1 Å². The summed E-state index contributed by atoms with van der Waals surface area (Å²) in [6.07, 6.45) is 1.41. The van der Waals surface area contributed by atoms with Crippen LogP contribution in [0.1, 0.15) is 26.3 Å². The zero-order valence-electron chi connectivity index (χ0n) is 18.3. The second-order valence-corrected chi connectivity index (χ2v) is 11.6. The SMILES string of the molecule is CC1(C)C(NC(=O)O)=N[C@](C)(c2cc(-c3cc(-c4ncc(Cl)cn4)no3)ccc2F)C[S@]1(=N)=O. The lowest BCUT2D eigenvalue weighted by atomic mass is 9.91. The highest BCUT2D eigenvalue weighted by Crippen LogP contribution is 2.40. The van der Waals surface area contributed by atoms with E-state index in [-0.39, 0.29) is 28.7 Å². The topological polar surface area (TPSA) is 154 Å². The van der Waals surface area contributed by atoms with Crippen LogP contribution in [-0.2, 0) is 15.3 Å². The first-order valence-electron chi connectivity index (χ1n) is 9.94. The molecule has 1 amide bonds. The maximum Gasteiger partial charge on any atom is 0.410 e. The van der Waals surface area contributed by atoms with Gasteiger partial charge in [0.2, 0.25) is 0 Å². The summed E-state index contributed by atoms with van der Waals surface area (Å²) < 4.78 is 40.8. The quantitative estimate of drug-likeness (QED) is 0.478. The summed E-state index contributed by atoms with van der Waals surface area (Å²) in [6.45, 7) is 4.45. The average molecular weight is 507 g/mol. The van der Waals surface area contributed by atoms with Crippen LogP contribution in [0.25, 0.3) is 22.8 Å². The first kappa shape index (κ1) is 23.8. The molecule has 4 rings (SSSR count). The third-order valence-electron chi connectivity index (χ3n) is 5.65. The maximum absolute atomic E-state index is 15.0. The highest BCUT2D eigenvalue weighted by atomic mass is 35.5. The Morgan fingerprint density at radius 3 is 2.59 bits per heavy atom. The van der Waals surface area contributed by atoms with Crippen LogP contribution in [0.15, 0.2) is 46.2 Å². The van der Waals surface area contributed by atoms with Gasteiger partial charge in [0.15, 0.2) is 17.3 Å². The minimum atomic E-state index is -3.43. The number of carbonyl (C=O) groups is 1. The Morgan fingerprint density at radius 1 is 1.26 bits per heavy atom. The predicted octanol–water partition coefficient (Wildman–Crippen LogP) is 4.31. The fourth-order valence-corrected chi connectivity index (χ4v) is 5.50. The van der Waals surface area contributed by atoms with Gasteiger partial charge in [0.25, 0.3) is 0 Å². The van der Waals surface area contributed by atoms with E-state index in [1.807, 2.05) is 0 Å². The van der Waals surface area contributed by atoms with Crippen molar-refractivity contribution in [2.75, 3.05) is 5.75 Å². The number of aliphatic imine (C=N–C) groups is 1. The first-order chi connectivity index (χ1) is 15.8. The van der Waals surface area contributed by atoms with E-state index in [0.717, 1.165) is 0 Å². The van der Waals surface area contributed by atoms with Crippen molar-refractivity contribution in [1.29, 1.82) is 4.78 Å². The number of benzene rings is 1. The lowest BCUT2D eigenvalue weighted by Crippen LogP contribution is -2.57. The van der Waals surface area contributed by atoms with Gasteiger partial charge in [-0.2, -0.15) is 0 Å². The summed E-state index contributed by atoms with van der Waals surface area (Å²) in [5.41, 5.74) is -0.669. The largest absolute Gasteiger partial charge is 0.465 e. The summed E-state index contributed by atoms with van der Waals surface area (Å²) in [7, 11) is -3.43. The van der Waals surface area contributed by atoms with Crippen LogP contribution < -0.4 is 5.32 Å². The van der Waals surface area contributed by atoms with E-state index in [1.54, 1.807) is 6.07 Å². The minimum Gasteiger partial charge on any atom is -0.465 e. The van der Waals surface area contributed by atoms with Crippen molar-refractivity contribution in [2.45, 2.75) is 31.1 Å². The van der Waals surface area contributed by atoms with Gasteiger partial charge in [0.05, 0.1) is 20.5 Å². The summed E-state index contributed by atoms with van der Waals surface area (Å²) >= 11 is 5.81. The number of hydrogen-bond donors (Lipinski definition) is 3. The van der Waals surface area contributed by atoms with E-state index in [2.05, 4.69) is 25.4 Å². The van der Waals surface area contributed by atoms with Gasteiger partial charge in [0, 0.05) is 29.6 Å². The minimum absolute atomic E-state index is 0.0332. The lowest BCUT2D eigenvalue weighted by Gasteiger charge is -2.40. The van der Waals surface area contributed by atoms with E-state index in [1.165, 1.54) is 51.4 Å². The standard InChI is InChI=1S/C21H20ClFN6O4S/c1-20(2)18(27-19(30)31)28-21(3,10-34(20,24)32)13-6-11(4-5-14(13)23)16-7-15(29-33-16)17-25-8-12(22)9-26-17/h4-9,24H,10H2,1-3H3,(H,27,28)(H,30,31)/t21-,34-/m0/s1. The summed E-state index contributed by atoms with van der Waals surface area (Å²) in [4.78, 5) is 23.9. The molecule has 1 aromatic carbocycles. The van der Waals surface area contributed by atoms with E-state index in [4.69, 9.17) is 20.9 Å². The van der Waals surface area contributed by atoms with Crippen molar-refractivity contribution in [2.24, 2.45) is 4.99 Å². The van der Waals surface area contributed by atoms with Crippen molar-refractivity contribution in [3.05, 3.63) is 53.1 Å². The van der Waals surface area contributed by atoms with Gasteiger partial charge in [-0.05, 0) is 39.0 Å². The third kappa shape index (κ3) is 4.14. The number of hydrogen-bond acceptors (Lipinski definition) is 8. The van der Waals surface area contributed by atoms with E-state index >= 15 is 4.39 Å². The van der Waals surface area contributed by atoms with Crippen molar-refractivity contribution < 1.29 is 23.0 Å². The molecule has 3 heterocycles. The monoisotopic (exact) mass is 506 g/mol. The van der Waals surface area contributed by atoms with Gasteiger partial charge in [-0.15, -0.1) is 0 Å². The molecule has 13 heteroatoms. The molecule has 1 aliphatic rings. The highest BCUT2D eigenvalue weighted by molar-refractivity contribution is 7.94. The molecular weight excluding hydrogens is 487 g/mol. The Balaban J connectivity index is 1.79. The molecule has 1 aliphatic heterocycles. The van der Waals surface area contributed by atoms with Crippen LogP contribution in [0.5, 0.6) is 0 Å². The third-order valence-corrected chi connectivity index (χ3v) is 8.66. The average Bonchev–Trinajstić information content (AvgIpc) is 3.22. The molecule has 178 valence electrons. The van der Waals surface area contributed by atoms with E-state index < -0.39 is 31.9 Å². The first-order valence-corrected chi connectivity index (χ1v) is 12.0. The predicted molar refractivity (Wildman–Crippen MR) is 124 cm³/mol. The molecule has 0 unspecified atom stereocenters. The second-order valence-electron chi connectivity index (χ2n) is 8.49. The zero-order valence-corrected chi connectivity index (χ0v) is 19.9. The Hall–Kier alpha value is -3.38. The molecule has 0 saturated carbocycles. The van der Waals surface area contributed by atoms with Crippen LogP contribution in [0.4, 0.5) is 9.18 Å². The van der Waals surface area contributed by atoms with E-state index in [9.17, 15) is 14.1 Å². The fraction of sp³-hybridized carbons (Fsp3) is 0.286. The maximum atomic E-state index is 15.0. The molecule has 10 nitrogen and oxygen atoms in total. The number of amidine groups is 1. The fourth-order valence-electron chi connectivity index (χ4n) is 3.62. The van der Waals surface area contributed by atoms with Crippen molar-refractivity contribution >= 4 is 33.3 Å². The number of carboxylic acid groups (broad SMARTS) is 1. The van der Waals surface area contributed by atoms with Crippen LogP contribution in [-0.4, -0.2) is 46.9 Å². The Kier molecular flexibility index (Phi) is 5.68. The van der Waals surface area contributed by atoms with Crippen molar-refractivity contribution in [1.82, 2.24) is 20.4 Å². The normalized spacial score (nSPS) is 23.9. The molecule has 2 atom stereocenters. The molecule has 0 radical (unpaired) electrons. The molecule has 0 saturated heterocycles. The van der Waals surface area contributed by atoms with E-state index in [0.29, 0.717) is 16.3 Å². The number of aromatic nitrogens is 3. The lowest BCUT2D eigenvalue weighted by molar-refractivity contribution is 0.199. The smallest absolute Gasteiger partial charge is 0.410 e. The molecule has 3 aromatic rings. The highest BCUT2D eigenvalue weighted by Gasteiger charge is 2.48. The molecule has 0 aliphatic carbocycles. The van der Waals surface area contributed by atoms with Crippen LogP contribution >= 0.6 is 11.6 Å². The van der Waals surface area contributed by atoms with Gasteiger partial charge in [-0.1, -0.05) is 16.8 Å². The van der Waals surface area contributed by atoms with Crippen LogP contribution in [0.2, 0.25) is 5.02 Å². The summed E-state index contributed by atoms with van der Waals surface area (Å²) in [5.74, 6) is -0.556. The van der Waals surface area contributed by atoms with Gasteiger partial charge < -0.3 is 9.63 Å². The van der Waals surface area contributed by atoms with Crippen molar-refractivity contribution in [3.63, 3.8) is 0 Å². The number of nitrogens with one attached hydrogen (secondary N) is 2. The van der Waals surface area contributed by atoms with Crippen LogP contribution in [0, 0.1) is 10.6 Å². The second kappa shape index (κ2) is 8.13. The Bertz CT molecular complexity index is 1420. The number of nitrogens with zero attached hydrogens (tertiary/aromatic N) is 4. The zero-order chi connectivity index (χ0) is 24.9. The molecule has 34 heavy (non-hydrogen) atoms. The number of rotatable bonds is 3. The number of halogens is 2. The Labute approximate surface area is 199 Å². The molecule has 3 N–H and O–H groups in total. The van der Waals surface area contributed by atoms with Gasteiger partial charge >= 0.3 is 6.09 Å².